The van der Waals surface area contributed by atoms with Gasteiger partial charge in [0.25, 0.3) is 11.8 Å². The van der Waals surface area contributed by atoms with Crippen molar-refractivity contribution in [3.05, 3.63) is 28.7 Å². The molecule has 0 radical (unpaired) electrons. The minimum absolute atomic E-state index is 0.0642. The number of amides is 3. The minimum atomic E-state index is -1.30. The number of hydrogen-bond acceptors (Lipinski definition) is 12. The zero-order valence-corrected chi connectivity index (χ0v) is 20.3. The van der Waals surface area contributed by atoms with Crippen LogP contribution >= 0.6 is 23.3 Å². The second-order valence-corrected chi connectivity index (χ2v) is 10.4. The van der Waals surface area contributed by atoms with Gasteiger partial charge in [0, 0.05) is 42.0 Å². The van der Waals surface area contributed by atoms with Gasteiger partial charge >= 0.3 is 5.97 Å². The number of fused-ring (bicyclic) bond motifs is 1. The number of hydrogen-bond donors (Lipinski definition) is 5. The summed E-state index contributed by atoms with van der Waals surface area (Å²) in [6.45, 7) is 2.17. The van der Waals surface area contributed by atoms with Gasteiger partial charge < -0.3 is 31.6 Å². The molecule has 1 aromatic rings. The molecule has 1 aromatic heterocycles. The number of carbonyl (C=O) groups excluding carboxylic acids is 3. The molecule has 4 aliphatic rings. The van der Waals surface area contributed by atoms with E-state index in [1.807, 2.05) is 4.90 Å². The van der Waals surface area contributed by atoms with Crippen molar-refractivity contribution < 1.29 is 29.5 Å². The normalized spacial score (nSPS) is 27.5. The SMILES string of the molecule is Nc1nc(/C(=N/O)C(=O)N[C@H]2C(=O)N3C(C(=O)O)=C(/C=C4\CCN([C@H]5CCNC5)C4=O)CS[C@@H]23)ns1. The molecule has 5 heterocycles. The molecule has 0 bridgehead atoms. The fourth-order valence-corrected chi connectivity index (χ4v) is 6.46. The Morgan fingerprint density at radius 3 is 2.78 bits per heavy atom. The molecule has 5 rings (SSSR count). The lowest BCUT2D eigenvalue weighted by Gasteiger charge is -2.49. The Morgan fingerprint density at radius 1 is 1.33 bits per heavy atom. The fourth-order valence-electron chi connectivity index (χ4n) is 4.72. The average molecular weight is 535 g/mol. The van der Waals surface area contributed by atoms with Crippen LogP contribution in [0.25, 0.3) is 0 Å². The molecule has 14 nitrogen and oxygen atoms in total. The Labute approximate surface area is 212 Å². The van der Waals surface area contributed by atoms with E-state index in [4.69, 9.17) is 5.73 Å². The predicted octanol–water partition coefficient (Wildman–Crippen LogP) is -1.44. The van der Waals surface area contributed by atoms with Gasteiger partial charge in [-0.1, -0.05) is 5.16 Å². The van der Waals surface area contributed by atoms with Crippen LogP contribution in [-0.2, 0) is 19.2 Å². The highest BCUT2D eigenvalue weighted by atomic mass is 32.2. The number of anilines is 1. The summed E-state index contributed by atoms with van der Waals surface area (Å²) in [6.07, 6.45) is 2.97. The summed E-state index contributed by atoms with van der Waals surface area (Å²) in [7, 11) is 0. The molecule has 3 fully saturated rings. The van der Waals surface area contributed by atoms with Crippen molar-refractivity contribution in [3.8, 4) is 0 Å². The minimum Gasteiger partial charge on any atom is -0.477 e. The van der Waals surface area contributed by atoms with Gasteiger partial charge in [-0.2, -0.15) is 9.36 Å². The number of β-lactam (4-membered cyclic amide) rings is 1. The molecular formula is C20H22N8O6S2. The first-order valence-corrected chi connectivity index (χ1v) is 12.9. The molecule has 36 heavy (non-hydrogen) atoms. The largest absolute Gasteiger partial charge is 0.477 e. The van der Waals surface area contributed by atoms with Crippen LogP contribution in [-0.4, -0.2) is 102 Å². The molecule has 6 N–H and O–H groups in total. The molecule has 0 spiro atoms. The van der Waals surface area contributed by atoms with Crippen LogP contribution < -0.4 is 16.4 Å². The van der Waals surface area contributed by atoms with Crippen molar-refractivity contribution in [1.82, 2.24) is 29.8 Å². The zero-order chi connectivity index (χ0) is 25.6. The van der Waals surface area contributed by atoms with Crippen molar-refractivity contribution in [3.63, 3.8) is 0 Å². The molecule has 3 amide bonds. The van der Waals surface area contributed by atoms with Gasteiger partial charge in [-0.25, -0.2) is 4.79 Å². The Balaban J connectivity index is 1.33. The van der Waals surface area contributed by atoms with Crippen molar-refractivity contribution >= 4 is 57.8 Å². The van der Waals surface area contributed by atoms with Crippen LogP contribution in [0.4, 0.5) is 5.13 Å². The highest BCUT2D eigenvalue weighted by Crippen LogP contribution is 2.41. The number of thioether (sulfide) groups is 1. The lowest BCUT2D eigenvalue weighted by molar-refractivity contribution is -0.150. The van der Waals surface area contributed by atoms with Gasteiger partial charge in [-0.05, 0) is 31.0 Å². The van der Waals surface area contributed by atoms with E-state index in [2.05, 4.69) is 25.1 Å². The van der Waals surface area contributed by atoms with Gasteiger partial charge in [0.05, 0.1) is 0 Å². The third-order valence-electron chi connectivity index (χ3n) is 6.44. The van der Waals surface area contributed by atoms with E-state index in [9.17, 15) is 29.5 Å². The average Bonchev–Trinajstić information content (AvgIpc) is 3.60. The second-order valence-electron chi connectivity index (χ2n) is 8.51. The summed E-state index contributed by atoms with van der Waals surface area (Å²) in [5.41, 5.74) is 5.67. The molecule has 0 aromatic carbocycles. The summed E-state index contributed by atoms with van der Waals surface area (Å²) in [6, 6.07) is -0.914. The molecule has 0 unspecified atom stereocenters. The van der Waals surface area contributed by atoms with E-state index >= 15 is 0 Å². The van der Waals surface area contributed by atoms with Crippen LogP contribution in [0.1, 0.15) is 18.7 Å². The van der Waals surface area contributed by atoms with Crippen molar-refractivity contribution in [2.24, 2.45) is 5.16 Å². The Morgan fingerprint density at radius 2 is 2.14 bits per heavy atom. The highest BCUT2D eigenvalue weighted by molar-refractivity contribution is 8.00. The summed E-state index contributed by atoms with van der Waals surface area (Å²) < 4.78 is 3.82. The van der Waals surface area contributed by atoms with Crippen molar-refractivity contribution in [2.45, 2.75) is 30.3 Å². The Bertz CT molecular complexity index is 1240. The smallest absolute Gasteiger partial charge is 0.352 e. The Kier molecular flexibility index (Phi) is 6.40. The topological polar surface area (TPSA) is 203 Å². The number of nitrogens with one attached hydrogen (secondary N) is 2. The maximum Gasteiger partial charge on any atom is 0.352 e. The number of rotatable bonds is 6. The highest BCUT2D eigenvalue weighted by Gasteiger charge is 2.54. The lowest BCUT2D eigenvalue weighted by atomic mass is 10.0. The molecule has 16 heteroatoms. The van der Waals surface area contributed by atoms with Gasteiger partial charge in [0.15, 0.2) is 5.13 Å². The summed E-state index contributed by atoms with van der Waals surface area (Å²) in [5.74, 6) is -2.90. The van der Waals surface area contributed by atoms with Crippen LogP contribution in [0.2, 0.25) is 0 Å². The number of aromatic nitrogens is 2. The third-order valence-corrected chi connectivity index (χ3v) is 8.28. The Hall–Kier alpha value is -3.50. The number of allylic oxidation sites excluding steroid dienone is 1. The van der Waals surface area contributed by atoms with Crippen molar-refractivity contribution in [1.29, 1.82) is 0 Å². The maximum atomic E-state index is 12.9. The van der Waals surface area contributed by atoms with Gasteiger partial charge in [0.1, 0.15) is 17.1 Å². The van der Waals surface area contributed by atoms with Crippen LogP contribution in [0.5, 0.6) is 0 Å². The molecule has 0 saturated carbocycles. The van der Waals surface area contributed by atoms with E-state index in [1.165, 1.54) is 11.8 Å². The first-order chi connectivity index (χ1) is 17.3. The molecule has 190 valence electrons. The van der Waals surface area contributed by atoms with Gasteiger partial charge in [0.2, 0.25) is 17.4 Å². The van der Waals surface area contributed by atoms with E-state index in [0.29, 0.717) is 24.1 Å². The zero-order valence-electron chi connectivity index (χ0n) is 18.7. The first kappa shape index (κ1) is 24.2. The molecule has 3 saturated heterocycles. The lowest BCUT2D eigenvalue weighted by Crippen LogP contribution is -2.71. The van der Waals surface area contributed by atoms with E-state index in [-0.39, 0.29) is 34.4 Å². The number of nitrogens with two attached hydrogens (primary N) is 1. The van der Waals surface area contributed by atoms with E-state index < -0.39 is 34.9 Å². The van der Waals surface area contributed by atoms with E-state index in [1.54, 1.807) is 6.08 Å². The van der Waals surface area contributed by atoms with Crippen molar-refractivity contribution in [2.75, 3.05) is 31.1 Å². The van der Waals surface area contributed by atoms with Gasteiger partial charge in [-0.3, -0.25) is 19.3 Å². The number of oxime groups is 1. The van der Waals surface area contributed by atoms with Crippen LogP contribution in [0.3, 0.4) is 0 Å². The standard InChI is InChI=1S/C20H22N8O6S2/c21-20-24-14(26-36-20)11(25-34)15(29)23-12-17(31)28-13(19(32)33)9(7-35-18(12)28)5-8-2-4-27(16(8)30)10-1-3-22-6-10/h5,10,12,18,22,34H,1-4,6-7H2,(H,23,29)(H,32,33)(H2,21,24,26)/b8-5+,25-11-/t10-,12-,18-/m0/s1. The third kappa shape index (κ3) is 4.10. The molecular weight excluding hydrogens is 512 g/mol. The molecule has 4 aliphatic heterocycles. The van der Waals surface area contributed by atoms with Gasteiger partial charge in [-0.15, -0.1) is 11.8 Å². The monoisotopic (exact) mass is 534 g/mol. The summed E-state index contributed by atoms with van der Waals surface area (Å²) in [4.78, 5) is 57.3. The quantitative estimate of drug-likeness (QED) is 0.0939. The molecule has 0 aliphatic carbocycles. The number of likely N-dealkylation sites (tertiary alicyclic amines) is 1. The fraction of sp³-hybridized carbons (Fsp3) is 0.450. The number of aliphatic carboxylic acids is 1. The summed E-state index contributed by atoms with van der Waals surface area (Å²) >= 11 is 2.07. The first-order valence-electron chi connectivity index (χ1n) is 11.1. The number of carboxylic acid groups (broad SMARTS) is 1. The number of carbonyl (C=O) groups is 4. The second kappa shape index (κ2) is 9.51. The number of nitrogens with zero attached hydrogens (tertiary/aromatic N) is 5. The van der Waals surface area contributed by atoms with E-state index in [0.717, 1.165) is 35.9 Å². The number of carboxylic acids is 1. The summed E-state index contributed by atoms with van der Waals surface area (Å²) in [5, 5.41) is 27.1. The maximum absolute atomic E-state index is 12.9. The molecule has 3 atom stereocenters. The predicted molar refractivity (Wildman–Crippen MR) is 128 cm³/mol. The number of nitrogen functional groups attached to an aromatic ring is 1. The van der Waals surface area contributed by atoms with Crippen LogP contribution in [0.15, 0.2) is 28.1 Å². The van der Waals surface area contributed by atoms with Crippen LogP contribution in [0, 0.1) is 0 Å².